The summed E-state index contributed by atoms with van der Waals surface area (Å²) in [5.74, 6) is -0.597. The van der Waals surface area contributed by atoms with Gasteiger partial charge in [0.25, 0.3) is 5.91 Å². The molecule has 0 aliphatic heterocycles. The number of carbonyl (C=O) groups excluding carboxylic acids is 2. The number of benzene rings is 2. The summed E-state index contributed by atoms with van der Waals surface area (Å²) in [5.41, 5.74) is 7.97. The van der Waals surface area contributed by atoms with E-state index >= 15 is 0 Å². The van der Waals surface area contributed by atoms with E-state index < -0.39 is 0 Å². The number of hydrazine groups is 1. The molecule has 1 heterocycles. The Kier molecular flexibility index (Phi) is 5.63. The highest BCUT2D eigenvalue weighted by atomic mass is 79.9. The van der Waals surface area contributed by atoms with Gasteiger partial charge in [-0.3, -0.25) is 20.4 Å². The molecular formula is C19H15BrN2O2S. The van der Waals surface area contributed by atoms with Crippen LogP contribution in [0.15, 0.2) is 70.5 Å². The van der Waals surface area contributed by atoms with Gasteiger partial charge in [-0.1, -0.05) is 54.6 Å². The first kappa shape index (κ1) is 17.4. The minimum Gasteiger partial charge on any atom is -0.273 e. The lowest BCUT2D eigenvalue weighted by atomic mass is 10.0. The number of thiophene rings is 1. The Morgan fingerprint density at radius 1 is 0.840 bits per heavy atom. The lowest BCUT2D eigenvalue weighted by Crippen LogP contribution is -2.42. The van der Waals surface area contributed by atoms with Gasteiger partial charge in [0.05, 0.1) is 15.1 Å². The zero-order chi connectivity index (χ0) is 17.6. The first-order valence-corrected chi connectivity index (χ1v) is 9.21. The Morgan fingerprint density at radius 2 is 1.52 bits per heavy atom. The van der Waals surface area contributed by atoms with Gasteiger partial charge in [-0.2, -0.15) is 0 Å². The van der Waals surface area contributed by atoms with Crippen molar-refractivity contribution < 1.29 is 9.59 Å². The van der Waals surface area contributed by atoms with Crippen LogP contribution in [0.2, 0.25) is 0 Å². The maximum atomic E-state index is 12.0. The maximum Gasteiger partial charge on any atom is 0.279 e. The largest absolute Gasteiger partial charge is 0.279 e. The average molecular weight is 415 g/mol. The second-order valence-electron chi connectivity index (χ2n) is 5.35. The highest BCUT2D eigenvalue weighted by Gasteiger charge is 2.10. The van der Waals surface area contributed by atoms with Crippen molar-refractivity contribution in [3.63, 3.8) is 0 Å². The second-order valence-corrected chi connectivity index (χ2v) is 7.81. The molecule has 3 aromatic rings. The molecule has 0 radical (unpaired) electrons. The van der Waals surface area contributed by atoms with Crippen molar-refractivity contribution in [2.75, 3.05) is 0 Å². The summed E-state index contributed by atoms with van der Waals surface area (Å²) in [4.78, 5) is 24.4. The second kappa shape index (κ2) is 8.09. The van der Waals surface area contributed by atoms with Crippen molar-refractivity contribution in [2.45, 2.75) is 6.42 Å². The number of nitrogens with one attached hydrogen (secondary N) is 2. The predicted octanol–water partition coefficient (Wildman–Crippen LogP) is 4.18. The molecule has 0 atom stereocenters. The predicted molar refractivity (Wildman–Crippen MR) is 103 cm³/mol. The summed E-state index contributed by atoms with van der Waals surface area (Å²) in [7, 11) is 0. The molecular weight excluding hydrogens is 400 g/mol. The zero-order valence-corrected chi connectivity index (χ0v) is 15.6. The summed E-state index contributed by atoms with van der Waals surface area (Å²) in [6.45, 7) is 0. The van der Waals surface area contributed by atoms with E-state index in [9.17, 15) is 9.59 Å². The van der Waals surface area contributed by atoms with E-state index in [1.807, 2.05) is 54.6 Å². The normalized spacial score (nSPS) is 10.3. The van der Waals surface area contributed by atoms with Gasteiger partial charge in [-0.25, -0.2) is 0 Å². The van der Waals surface area contributed by atoms with Crippen molar-refractivity contribution in [3.8, 4) is 11.1 Å². The molecule has 0 aliphatic carbocycles. The van der Waals surface area contributed by atoms with Gasteiger partial charge in [0.15, 0.2) is 0 Å². The van der Waals surface area contributed by atoms with Crippen LogP contribution in [0.4, 0.5) is 0 Å². The fourth-order valence-corrected chi connectivity index (χ4v) is 3.58. The van der Waals surface area contributed by atoms with Gasteiger partial charge in [0.2, 0.25) is 5.91 Å². The quantitative estimate of drug-likeness (QED) is 0.629. The van der Waals surface area contributed by atoms with Crippen LogP contribution in [-0.4, -0.2) is 11.8 Å². The highest BCUT2D eigenvalue weighted by Crippen LogP contribution is 2.21. The standard InChI is InChI=1S/C19H15BrN2O2S/c20-17-11-10-16(25-17)19(24)22-21-18(23)12-13-6-8-15(9-7-13)14-4-2-1-3-5-14/h1-11H,12H2,(H,21,23)(H,22,24). The molecule has 0 spiro atoms. The Bertz CT molecular complexity index is 876. The highest BCUT2D eigenvalue weighted by molar-refractivity contribution is 9.11. The summed E-state index contributed by atoms with van der Waals surface area (Å²) >= 11 is 4.60. The van der Waals surface area contributed by atoms with Gasteiger partial charge in [-0.05, 0) is 44.8 Å². The molecule has 2 amide bonds. The fraction of sp³-hybridized carbons (Fsp3) is 0.0526. The topological polar surface area (TPSA) is 58.2 Å². The number of halogens is 1. The molecule has 4 nitrogen and oxygen atoms in total. The zero-order valence-electron chi connectivity index (χ0n) is 13.2. The first-order chi connectivity index (χ1) is 12.1. The summed E-state index contributed by atoms with van der Waals surface area (Å²) in [5, 5.41) is 0. The van der Waals surface area contributed by atoms with Crippen molar-refractivity contribution in [2.24, 2.45) is 0 Å². The third-order valence-corrected chi connectivity index (χ3v) is 5.16. The van der Waals surface area contributed by atoms with Gasteiger partial charge in [0, 0.05) is 0 Å². The van der Waals surface area contributed by atoms with Crippen LogP contribution in [0.3, 0.4) is 0 Å². The minimum absolute atomic E-state index is 0.198. The lowest BCUT2D eigenvalue weighted by molar-refractivity contribution is -0.121. The van der Waals surface area contributed by atoms with Gasteiger partial charge >= 0.3 is 0 Å². The van der Waals surface area contributed by atoms with Crippen molar-refractivity contribution in [3.05, 3.63) is 81.0 Å². The summed E-state index contributed by atoms with van der Waals surface area (Å²) < 4.78 is 0.863. The molecule has 25 heavy (non-hydrogen) atoms. The molecule has 0 fully saturated rings. The molecule has 0 bridgehead atoms. The van der Waals surface area contributed by atoms with Crippen molar-refractivity contribution >= 4 is 39.1 Å². The molecule has 2 N–H and O–H groups in total. The number of hydrogen-bond acceptors (Lipinski definition) is 3. The van der Waals surface area contributed by atoms with Gasteiger partial charge in [0.1, 0.15) is 0 Å². The van der Waals surface area contributed by atoms with Crippen molar-refractivity contribution in [1.29, 1.82) is 0 Å². The third kappa shape index (κ3) is 4.78. The molecule has 0 saturated heterocycles. The van der Waals surface area contributed by atoms with Crippen LogP contribution in [-0.2, 0) is 11.2 Å². The molecule has 0 saturated carbocycles. The molecule has 0 aliphatic rings. The molecule has 0 unspecified atom stereocenters. The fourth-order valence-electron chi connectivity index (χ4n) is 2.30. The average Bonchev–Trinajstić information content (AvgIpc) is 3.08. The van der Waals surface area contributed by atoms with E-state index in [4.69, 9.17) is 0 Å². The van der Waals surface area contributed by atoms with Crippen LogP contribution in [0.1, 0.15) is 15.2 Å². The Labute approximate surface area is 158 Å². The molecule has 2 aromatic carbocycles. The molecule has 126 valence electrons. The number of carbonyl (C=O) groups is 2. The monoisotopic (exact) mass is 414 g/mol. The minimum atomic E-state index is -0.330. The maximum absolute atomic E-state index is 12.0. The Morgan fingerprint density at radius 3 is 2.16 bits per heavy atom. The van der Waals surface area contributed by atoms with Crippen LogP contribution in [0.25, 0.3) is 11.1 Å². The molecule has 3 rings (SSSR count). The smallest absolute Gasteiger partial charge is 0.273 e. The number of hydrogen-bond donors (Lipinski definition) is 2. The van der Waals surface area contributed by atoms with E-state index in [0.717, 1.165) is 20.5 Å². The van der Waals surface area contributed by atoms with Gasteiger partial charge < -0.3 is 0 Å². The molecule has 1 aromatic heterocycles. The Balaban J connectivity index is 1.53. The Hall–Kier alpha value is -2.44. The SMILES string of the molecule is O=C(Cc1ccc(-c2ccccc2)cc1)NNC(=O)c1ccc(Br)s1. The lowest BCUT2D eigenvalue weighted by Gasteiger charge is -2.07. The number of rotatable bonds is 4. The van der Waals surface area contributed by atoms with Crippen LogP contribution in [0, 0.1) is 0 Å². The van der Waals surface area contributed by atoms with E-state index in [0.29, 0.717) is 4.88 Å². The van der Waals surface area contributed by atoms with E-state index in [2.05, 4.69) is 26.8 Å². The number of amides is 2. The van der Waals surface area contributed by atoms with E-state index in [1.54, 1.807) is 12.1 Å². The van der Waals surface area contributed by atoms with E-state index in [1.165, 1.54) is 11.3 Å². The molecule has 6 heteroatoms. The first-order valence-electron chi connectivity index (χ1n) is 7.61. The van der Waals surface area contributed by atoms with E-state index in [-0.39, 0.29) is 18.2 Å². The van der Waals surface area contributed by atoms with Crippen molar-refractivity contribution in [1.82, 2.24) is 10.9 Å². The van der Waals surface area contributed by atoms with Gasteiger partial charge in [-0.15, -0.1) is 11.3 Å². The van der Waals surface area contributed by atoms with Crippen LogP contribution in [0.5, 0.6) is 0 Å². The third-order valence-electron chi connectivity index (χ3n) is 3.54. The summed E-state index contributed by atoms with van der Waals surface area (Å²) in [6, 6.07) is 21.3. The van der Waals surface area contributed by atoms with Crippen LogP contribution >= 0.6 is 27.3 Å². The summed E-state index contributed by atoms with van der Waals surface area (Å²) in [6.07, 6.45) is 0.198. The van der Waals surface area contributed by atoms with Crippen LogP contribution < -0.4 is 10.9 Å².